The summed E-state index contributed by atoms with van der Waals surface area (Å²) in [5, 5.41) is 12.2. The van der Waals surface area contributed by atoms with Crippen molar-refractivity contribution < 1.29 is 19.1 Å². The van der Waals surface area contributed by atoms with E-state index in [-0.39, 0.29) is 5.69 Å². The maximum atomic E-state index is 12.1. The van der Waals surface area contributed by atoms with E-state index in [1.54, 1.807) is 48.7 Å². The van der Waals surface area contributed by atoms with Crippen LogP contribution in [0.4, 0.5) is 0 Å². The van der Waals surface area contributed by atoms with Crippen molar-refractivity contribution in [3.05, 3.63) is 63.6 Å². The predicted molar refractivity (Wildman–Crippen MR) is 101 cm³/mol. The molecule has 2 aromatic heterocycles. The summed E-state index contributed by atoms with van der Waals surface area (Å²) in [5.41, 5.74) is 4.07. The summed E-state index contributed by atoms with van der Waals surface area (Å²) in [6, 6.07) is 10.0. The van der Waals surface area contributed by atoms with E-state index >= 15 is 0 Å². The normalized spacial score (nSPS) is 10.7. The Labute approximate surface area is 158 Å². The van der Waals surface area contributed by atoms with Crippen molar-refractivity contribution in [3.8, 4) is 11.5 Å². The van der Waals surface area contributed by atoms with Gasteiger partial charge in [0, 0.05) is 5.69 Å². The minimum atomic E-state index is -0.453. The van der Waals surface area contributed by atoms with Crippen molar-refractivity contribution in [1.82, 2.24) is 15.6 Å². The van der Waals surface area contributed by atoms with E-state index in [2.05, 4.69) is 20.7 Å². The van der Waals surface area contributed by atoms with Gasteiger partial charge in [-0.1, -0.05) is 6.07 Å². The SMILES string of the molecule is COc1cc(/C=N\NC(=O)c2cc(C)[nH]n2)ccc1OC(=O)c1cccs1. The van der Waals surface area contributed by atoms with E-state index in [0.29, 0.717) is 21.9 Å². The summed E-state index contributed by atoms with van der Waals surface area (Å²) in [7, 11) is 1.47. The first-order valence-electron chi connectivity index (χ1n) is 7.86. The Morgan fingerprint density at radius 2 is 2.11 bits per heavy atom. The molecule has 2 N–H and O–H groups in total. The van der Waals surface area contributed by atoms with Crippen LogP contribution in [0.3, 0.4) is 0 Å². The summed E-state index contributed by atoms with van der Waals surface area (Å²) in [5.74, 6) is -0.211. The summed E-state index contributed by atoms with van der Waals surface area (Å²) >= 11 is 1.30. The third kappa shape index (κ3) is 4.59. The highest BCUT2D eigenvalue weighted by molar-refractivity contribution is 7.12. The molecule has 0 unspecified atom stereocenters. The molecule has 0 aliphatic heterocycles. The highest BCUT2D eigenvalue weighted by Crippen LogP contribution is 2.28. The van der Waals surface area contributed by atoms with Crippen LogP contribution in [0.1, 0.15) is 31.4 Å². The van der Waals surface area contributed by atoms with Crippen molar-refractivity contribution in [3.63, 3.8) is 0 Å². The number of hydrazone groups is 1. The number of aromatic nitrogens is 2. The minimum Gasteiger partial charge on any atom is -0.493 e. The molecule has 3 rings (SSSR count). The first kappa shape index (κ1) is 18.3. The Morgan fingerprint density at radius 1 is 1.26 bits per heavy atom. The molecule has 0 aliphatic carbocycles. The Balaban J connectivity index is 1.66. The number of carbonyl (C=O) groups is 2. The van der Waals surface area contributed by atoms with Crippen LogP contribution >= 0.6 is 11.3 Å². The van der Waals surface area contributed by atoms with Crippen LogP contribution in [0.5, 0.6) is 11.5 Å². The summed E-state index contributed by atoms with van der Waals surface area (Å²) in [6.45, 7) is 1.80. The highest BCUT2D eigenvalue weighted by atomic mass is 32.1. The number of aryl methyl sites for hydroxylation is 1. The molecule has 0 fully saturated rings. The van der Waals surface area contributed by atoms with Crippen molar-refractivity contribution in [2.24, 2.45) is 5.10 Å². The molecule has 8 nitrogen and oxygen atoms in total. The van der Waals surface area contributed by atoms with Gasteiger partial charge in [-0.2, -0.15) is 10.2 Å². The first-order valence-corrected chi connectivity index (χ1v) is 8.74. The number of thiophene rings is 1. The number of ether oxygens (including phenoxy) is 2. The second kappa shape index (κ2) is 8.28. The van der Waals surface area contributed by atoms with Gasteiger partial charge in [0.1, 0.15) is 4.88 Å². The molecule has 9 heteroatoms. The van der Waals surface area contributed by atoms with Gasteiger partial charge >= 0.3 is 5.97 Å². The van der Waals surface area contributed by atoms with Crippen LogP contribution in [-0.2, 0) is 0 Å². The lowest BCUT2D eigenvalue weighted by Gasteiger charge is -2.09. The number of H-pyrrole nitrogens is 1. The summed E-state index contributed by atoms with van der Waals surface area (Å²) in [4.78, 5) is 24.4. The summed E-state index contributed by atoms with van der Waals surface area (Å²) in [6.07, 6.45) is 1.45. The maximum Gasteiger partial charge on any atom is 0.353 e. The van der Waals surface area contributed by atoms with Gasteiger partial charge in [0.2, 0.25) is 0 Å². The number of hydrogen-bond donors (Lipinski definition) is 2. The number of amides is 1. The lowest BCUT2D eigenvalue weighted by Crippen LogP contribution is -2.18. The molecule has 0 bridgehead atoms. The fraction of sp³-hybridized carbons (Fsp3) is 0.111. The molecular formula is C18H16N4O4S. The van der Waals surface area contributed by atoms with E-state index in [4.69, 9.17) is 9.47 Å². The molecule has 3 aromatic rings. The van der Waals surface area contributed by atoms with E-state index in [1.165, 1.54) is 24.7 Å². The first-order chi connectivity index (χ1) is 13.1. The van der Waals surface area contributed by atoms with Gasteiger partial charge in [0.25, 0.3) is 5.91 Å². The highest BCUT2D eigenvalue weighted by Gasteiger charge is 2.13. The molecule has 0 saturated carbocycles. The van der Waals surface area contributed by atoms with Gasteiger partial charge < -0.3 is 9.47 Å². The topological polar surface area (TPSA) is 106 Å². The van der Waals surface area contributed by atoms with Gasteiger partial charge in [-0.15, -0.1) is 11.3 Å². The average molecular weight is 384 g/mol. The number of rotatable bonds is 6. The van der Waals surface area contributed by atoms with Crippen molar-refractivity contribution in [2.75, 3.05) is 7.11 Å². The predicted octanol–water partition coefficient (Wildman–Crippen LogP) is 2.77. The zero-order valence-corrected chi connectivity index (χ0v) is 15.4. The second-order valence-corrected chi connectivity index (χ2v) is 6.36. The lowest BCUT2D eigenvalue weighted by molar-refractivity contribution is 0.0734. The molecule has 138 valence electrons. The van der Waals surface area contributed by atoms with Gasteiger partial charge in [-0.25, -0.2) is 10.2 Å². The molecule has 2 heterocycles. The van der Waals surface area contributed by atoms with Crippen LogP contribution in [0, 0.1) is 6.92 Å². The van der Waals surface area contributed by atoms with Crippen molar-refractivity contribution >= 4 is 29.4 Å². The largest absolute Gasteiger partial charge is 0.493 e. The second-order valence-electron chi connectivity index (χ2n) is 5.41. The Bertz CT molecular complexity index is 979. The average Bonchev–Trinajstić information content (AvgIpc) is 3.34. The number of methoxy groups -OCH3 is 1. The Morgan fingerprint density at radius 3 is 2.78 bits per heavy atom. The van der Waals surface area contributed by atoms with Gasteiger partial charge in [-0.05, 0) is 48.2 Å². The van der Waals surface area contributed by atoms with Gasteiger partial charge in [0.15, 0.2) is 17.2 Å². The molecule has 0 atom stereocenters. The van der Waals surface area contributed by atoms with Gasteiger partial charge in [-0.3, -0.25) is 9.89 Å². The molecule has 0 saturated heterocycles. The van der Waals surface area contributed by atoms with E-state index in [1.807, 2.05) is 0 Å². The molecule has 27 heavy (non-hydrogen) atoms. The number of nitrogens with one attached hydrogen (secondary N) is 2. The molecule has 0 radical (unpaired) electrons. The van der Waals surface area contributed by atoms with E-state index < -0.39 is 11.9 Å². The lowest BCUT2D eigenvalue weighted by atomic mass is 10.2. The number of aromatic amines is 1. The van der Waals surface area contributed by atoms with Crippen LogP contribution in [-0.4, -0.2) is 35.4 Å². The van der Waals surface area contributed by atoms with Crippen LogP contribution in [0.15, 0.2) is 46.9 Å². The number of carbonyl (C=O) groups excluding carboxylic acids is 2. The molecule has 1 amide bonds. The fourth-order valence-corrected chi connectivity index (χ4v) is 2.75. The zero-order valence-electron chi connectivity index (χ0n) is 14.6. The van der Waals surface area contributed by atoms with Crippen LogP contribution in [0.2, 0.25) is 0 Å². The Hall–Kier alpha value is -3.46. The standard InChI is InChI=1S/C18H16N4O4S/c1-11-8-13(21-20-11)17(23)22-19-10-12-5-6-14(15(9-12)25-2)26-18(24)16-4-3-7-27-16/h3-10H,1-2H3,(H,20,21)(H,22,23)/b19-10-. The molecular weight excluding hydrogens is 368 g/mol. The molecule has 0 spiro atoms. The number of esters is 1. The van der Waals surface area contributed by atoms with Gasteiger partial charge in [0.05, 0.1) is 13.3 Å². The third-order valence-corrected chi connectivity index (χ3v) is 4.28. The molecule has 0 aliphatic rings. The fourth-order valence-electron chi connectivity index (χ4n) is 2.15. The monoisotopic (exact) mass is 384 g/mol. The van der Waals surface area contributed by atoms with Crippen LogP contribution in [0.25, 0.3) is 0 Å². The smallest absolute Gasteiger partial charge is 0.353 e. The van der Waals surface area contributed by atoms with Crippen LogP contribution < -0.4 is 14.9 Å². The van der Waals surface area contributed by atoms with Crippen molar-refractivity contribution in [1.29, 1.82) is 0 Å². The Kier molecular flexibility index (Phi) is 5.62. The number of nitrogens with zero attached hydrogens (tertiary/aromatic N) is 2. The number of benzene rings is 1. The third-order valence-electron chi connectivity index (χ3n) is 3.43. The van der Waals surface area contributed by atoms with E-state index in [0.717, 1.165) is 5.69 Å². The van der Waals surface area contributed by atoms with E-state index in [9.17, 15) is 9.59 Å². The minimum absolute atomic E-state index is 0.248. The summed E-state index contributed by atoms with van der Waals surface area (Å²) < 4.78 is 10.6. The van der Waals surface area contributed by atoms with Crippen molar-refractivity contribution in [2.45, 2.75) is 6.92 Å². The maximum absolute atomic E-state index is 12.1. The zero-order chi connectivity index (χ0) is 19.2. The quantitative estimate of drug-likeness (QED) is 0.294. The number of hydrogen-bond acceptors (Lipinski definition) is 7. The molecule has 1 aromatic carbocycles.